The Morgan fingerprint density at radius 1 is 1.03 bits per heavy atom. The van der Waals surface area contributed by atoms with Crippen LogP contribution in [0.2, 0.25) is 5.15 Å². The van der Waals surface area contributed by atoms with Crippen LogP contribution in [-0.2, 0) is 17.9 Å². The molecule has 0 saturated heterocycles. The number of hydrogen-bond acceptors (Lipinski definition) is 4. The molecular weight excluding hydrogens is 464 g/mol. The number of nitrogens with zero attached hydrogens (tertiary/aromatic N) is 2. The fraction of sp³-hybridized carbons (Fsp3) is 0.148. The van der Waals surface area contributed by atoms with Crippen LogP contribution in [0.15, 0.2) is 77.4 Å². The lowest BCUT2D eigenvalue weighted by Crippen LogP contribution is -2.20. The standard InChI is InChI=1S/C27H25ClN4O3/c1-18-5-7-21(8-6-18)17-32-26(28)23(19(2)31-32)13-14-25(33)29-16-20-9-11-22(12-10-20)30-27(34)24-4-3-15-35-24/h3-15H,16-17H2,1-2H3,(H,29,33)(H,30,34)/b14-13+. The van der Waals surface area contributed by atoms with Crippen molar-refractivity contribution in [3.63, 3.8) is 0 Å². The van der Waals surface area contributed by atoms with Gasteiger partial charge in [-0.1, -0.05) is 53.6 Å². The minimum Gasteiger partial charge on any atom is -0.459 e. The summed E-state index contributed by atoms with van der Waals surface area (Å²) in [6.07, 6.45) is 4.57. The average molecular weight is 489 g/mol. The molecule has 4 aromatic rings. The van der Waals surface area contributed by atoms with Gasteiger partial charge < -0.3 is 15.1 Å². The maximum absolute atomic E-state index is 12.4. The summed E-state index contributed by atoms with van der Waals surface area (Å²) in [7, 11) is 0. The molecule has 0 unspecified atom stereocenters. The second kappa shape index (κ2) is 10.9. The topological polar surface area (TPSA) is 89.2 Å². The lowest BCUT2D eigenvalue weighted by Gasteiger charge is -2.06. The molecule has 2 aromatic carbocycles. The number of benzene rings is 2. The van der Waals surface area contributed by atoms with E-state index < -0.39 is 0 Å². The van der Waals surface area contributed by atoms with E-state index in [-0.39, 0.29) is 17.6 Å². The highest BCUT2D eigenvalue weighted by Gasteiger charge is 2.12. The molecule has 7 nitrogen and oxygen atoms in total. The molecule has 8 heteroatoms. The second-order valence-corrected chi connectivity index (χ2v) is 8.47. The van der Waals surface area contributed by atoms with E-state index in [4.69, 9.17) is 16.0 Å². The highest BCUT2D eigenvalue weighted by Crippen LogP contribution is 2.22. The quantitative estimate of drug-likeness (QED) is 0.326. The van der Waals surface area contributed by atoms with Crippen LogP contribution in [0.1, 0.15) is 38.5 Å². The Bertz CT molecular complexity index is 1340. The average Bonchev–Trinajstić information content (AvgIpc) is 3.48. The van der Waals surface area contributed by atoms with E-state index in [1.54, 1.807) is 35.0 Å². The Labute approximate surface area is 208 Å². The first-order valence-corrected chi connectivity index (χ1v) is 11.4. The van der Waals surface area contributed by atoms with Gasteiger partial charge in [0.1, 0.15) is 5.15 Å². The van der Waals surface area contributed by atoms with Crippen LogP contribution in [0.4, 0.5) is 5.69 Å². The minimum atomic E-state index is -0.322. The van der Waals surface area contributed by atoms with Crippen molar-refractivity contribution in [2.45, 2.75) is 26.9 Å². The molecule has 0 atom stereocenters. The SMILES string of the molecule is Cc1ccc(Cn2nc(C)c(/C=C/C(=O)NCc3ccc(NC(=O)c4ccco4)cc3)c2Cl)cc1. The van der Waals surface area contributed by atoms with Gasteiger partial charge in [0.15, 0.2) is 5.76 Å². The smallest absolute Gasteiger partial charge is 0.291 e. The fourth-order valence-corrected chi connectivity index (χ4v) is 3.74. The van der Waals surface area contributed by atoms with Crippen LogP contribution in [0.25, 0.3) is 6.08 Å². The van der Waals surface area contributed by atoms with Gasteiger partial charge in [-0.05, 0) is 55.3 Å². The molecule has 0 fully saturated rings. The number of rotatable bonds is 8. The van der Waals surface area contributed by atoms with E-state index in [9.17, 15) is 9.59 Å². The third kappa shape index (κ3) is 6.28. The van der Waals surface area contributed by atoms with E-state index >= 15 is 0 Å². The second-order valence-electron chi connectivity index (χ2n) is 8.11. The zero-order chi connectivity index (χ0) is 24.8. The van der Waals surface area contributed by atoms with Crippen LogP contribution in [0.5, 0.6) is 0 Å². The Hall–Kier alpha value is -4.10. The number of anilines is 1. The molecule has 2 heterocycles. The third-order valence-electron chi connectivity index (χ3n) is 5.39. The zero-order valence-electron chi connectivity index (χ0n) is 19.4. The molecule has 0 radical (unpaired) electrons. The van der Waals surface area contributed by atoms with E-state index in [0.29, 0.717) is 29.5 Å². The highest BCUT2D eigenvalue weighted by atomic mass is 35.5. The highest BCUT2D eigenvalue weighted by molar-refractivity contribution is 6.31. The number of hydrogen-bond donors (Lipinski definition) is 2. The summed E-state index contributed by atoms with van der Waals surface area (Å²) in [5, 5.41) is 10.6. The molecular formula is C27H25ClN4O3. The van der Waals surface area contributed by atoms with Crippen LogP contribution in [0.3, 0.4) is 0 Å². The lowest BCUT2D eigenvalue weighted by atomic mass is 10.1. The Kier molecular flexibility index (Phi) is 7.48. The summed E-state index contributed by atoms with van der Waals surface area (Å²) in [6, 6.07) is 18.6. The lowest BCUT2D eigenvalue weighted by molar-refractivity contribution is -0.116. The summed E-state index contributed by atoms with van der Waals surface area (Å²) < 4.78 is 6.81. The normalized spacial score (nSPS) is 11.1. The summed E-state index contributed by atoms with van der Waals surface area (Å²) in [5.41, 5.74) is 5.28. The molecule has 0 aliphatic rings. The van der Waals surface area contributed by atoms with Crippen molar-refractivity contribution in [2.24, 2.45) is 0 Å². The molecule has 0 saturated carbocycles. The van der Waals surface area contributed by atoms with Crippen molar-refractivity contribution in [3.05, 3.63) is 112 Å². The summed E-state index contributed by atoms with van der Waals surface area (Å²) in [6.45, 7) is 4.80. The molecule has 0 spiro atoms. The van der Waals surface area contributed by atoms with E-state index in [2.05, 4.69) is 27.9 Å². The van der Waals surface area contributed by atoms with E-state index in [0.717, 1.165) is 16.8 Å². The number of nitrogens with one attached hydrogen (secondary N) is 2. The zero-order valence-corrected chi connectivity index (χ0v) is 20.2. The van der Waals surface area contributed by atoms with Crippen molar-refractivity contribution < 1.29 is 14.0 Å². The maximum atomic E-state index is 12.4. The Morgan fingerprint density at radius 3 is 2.43 bits per heavy atom. The van der Waals surface area contributed by atoms with E-state index in [1.807, 2.05) is 38.1 Å². The van der Waals surface area contributed by atoms with Gasteiger partial charge in [-0.3, -0.25) is 9.59 Å². The van der Waals surface area contributed by atoms with Gasteiger partial charge in [0.25, 0.3) is 5.91 Å². The number of carbonyl (C=O) groups is 2. The first kappa shape index (κ1) is 24.0. The van der Waals surface area contributed by atoms with Gasteiger partial charge in [-0.25, -0.2) is 4.68 Å². The molecule has 2 amide bonds. The van der Waals surface area contributed by atoms with Gasteiger partial charge in [0, 0.05) is 23.9 Å². The predicted octanol–water partition coefficient (Wildman–Crippen LogP) is 5.38. The minimum absolute atomic E-state index is 0.240. The molecule has 2 aromatic heterocycles. The number of furan rings is 1. The molecule has 0 aliphatic carbocycles. The largest absolute Gasteiger partial charge is 0.459 e. The number of aromatic nitrogens is 2. The van der Waals surface area contributed by atoms with Gasteiger partial charge in [0.2, 0.25) is 5.91 Å². The molecule has 2 N–H and O–H groups in total. The van der Waals surface area contributed by atoms with Crippen molar-refractivity contribution in [3.8, 4) is 0 Å². The van der Waals surface area contributed by atoms with Crippen molar-refractivity contribution in [1.29, 1.82) is 0 Å². The van der Waals surface area contributed by atoms with Gasteiger partial charge in [-0.2, -0.15) is 5.10 Å². The molecule has 4 rings (SSSR count). The van der Waals surface area contributed by atoms with Gasteiger partial charge in [-0.15, -0.1) is 0 Å². The fourth-order valence-electron chi connectivity index (χ4n) is 3.44. The van der Waals surface area contributed by atoms with Crippen LogP contribution in [0, 0.1) is 13.8 Å². The van der Waals surface area contributed by atoms with E-state index in [1.165, 1.54) is 17.9 Å². The monoisotopic (exact) mass is 488 g/mol. The van der Waals surface area contributed by atoms with Crippen LogP contribution >= 0.6 is 11.6 Å². The summed E-state index contributed by atoms with van der Waals surface area (Å²) >= 11 is 6.53. The number of aryl methyl sites for hydroxylation is 2. The predicted molar refractivity (Wildman–Crippen MR) is 136 cm³/mol. The number of amides is 2. The molecule has 178 valence electrons. The van der Waals surface area contributed by atoms with Gasteiger partial charge >= 0.3 is 0 Å². The molecule has 35 heavy (non-hydrogen) atoms. The number of carbonyl (C=O) groups excluding carboxylic acids is 2. The third-order valence-corrected chi connectivity index (χ3v) is 5.79. The van der Waals surface area contributed by atoms with Crippen molar-refractivity contribution >= 4 is 35.2 Å². The summed E-state index contributed by atoms with van der Waals surface area (Å²) in [5.74, 6) is -0.330. The Balaban J connectivity index is 1.31. The van der Waals surface area contributed by atoms with Crippen molar-refractivity contribution in [1.82, 2.24) is 15.1 Å². The van der Waals surface area contributed by atoms with Crippen LogP contribution < -0.4 is 10.6 Å². The van der Waals surface area contributed by atoms with Crippen LogP contribution in [-0.4, -0.2) is 21.6 Å². The Morgan fingerprint density at radius 2 is 1.74 bits per heavy atom. The maximum Gasteiger partial charge on any atom is 0.291 e. The van der Waals surface area contributed by atoms with Gasteiger partial charge in [0.05, 0.1) is 18.5 Å². The first-order chi connectivity index (χ1) is 16.9. The molecule has 0 bridgehead atoms. The summed E-state index contributed by atoms with van der Waals surface area (Å²) in [4.78, 5) is 24.4. The first-order valence-electron chi connectivity index (χ1n) is 11.1. The molecule has 0 aliphatic heterocycles. The number of halogens is 1. The van der Waals surface area contributed by atoms with Crippen molar-refractivity contribution in [2.75, 3.05) is 5.32 Å².